The Bertz CT molecular complexity index is 376. The third kappa shape index (κ3) is 6.77. The van der Waals surface area contributed by atoms with Gasteiger partial charge in [0.05, 0.1) is 0 Å². The molecule has 3 heteroatoms. The first-order chi connectivity index (χ1) is 9.24. The van der Waals surface area contributed by atoms with Crippen LogP contribution in [0.1, 0.15) is 24.8 Å². The van der Waals surface area contributed by atoms with E-state index < -0.39 is 0 Å². The molecule has 0 spiro atoms. The van der Waals surface area contributed by atoms with Crippen molar-refractivity contribution in [2.75, 3.05) is 20.1 Å². The molecule has 0 fully saturated rings. The second-order valence-corrected chi connectivity index (χ2v) is 4.66. The maximum absolute atomic E-state index is 11.8. The second-order valence-electron chi connectivity index (χ2n) is 4.66. The molecular formula is C16H24N2O. The molecule has 0 atom stereocenters. The summed E-state index contributed by atoms with van der Waals surface area (Å²) in [4.78, 5) is 13.6. The van der Waals surface area contributed by atoms with Gasteiger partial charge in [-0.1, -0.05) is 36.4 Å². The number of carbonyl (C=O) groups is 1. The fourth-order valence-electron chi connectivity index (χ4n) is 1.81. The van der Waals surface area contributed by atoms with Gasteiger partial charge in [0.2, 0.25) is 5.91 Å². The zero-order chi connectivity index (χ0) is 13.9. The molecule has 0 aliphatic rings. The van der Waals surface area contributed by atoms with E-state index in [-0.39, 0.29) is 5.91 Å². The fraction of sp³-hybridized carbons (Fsp3) is 0.438. The van der Waals surface area contributed by atoms with Crippen LogP contribution < -0.4 is 5.32 Å². The lowest BCUT2D eigenvalue weighted by Gasteiger charge is -2.16. The molecule has 0 saturated carbocycles. The highest BCUT2D eigenvalue weighted by Gasteiger charge is 2.06. The molecule has 0 radical (unpaired) electrons. The standard InChI is InChI=1S/C16H24N2O/c1-3-4-8-13-18(2)16(19)11-12-17-14-15-9-6-5-7-10-15/h3,5-7,9-10,17H,1,4,8,11-14H2,2H3. The Balaban J connectivity index is 2.11. The number of unbranched alkanes of at least 4 members (excludes halogenated alkanes) is 1. The van der Waals surface area contributed by atoms with Gasteiger partial charge in [-0.3, -0.25) is 4.79 Å². The van der Waals surface area contributed by atoms with Crippen LogP contribution >= 0.6 is 0 Å². The van der Waals surface area contributed by atoms with Crippen LogP contribution in [0, 0.1) is 0 Å². The largest absolute Gasteiger partial charge is 0.346 e. The summed E-state index contributed by atoms with van der Waals surface area (Å²) in [5.74, 6) is 0.199. The van der Waals surface area contributed by atoms with Gasteiger partial charge in [0, 0.05) is 33.1 Å². The van der Waals surface area contributed by atoms with E-state index in [2.05, 4.69) is 24.0 Å². The number of allylic oxidation sites excluding steroid dienone is 1. The average Bonchev–Trinajstić information content (AvgIpc) is 2.44. The zero-order valence-corrected chi connectivity index (χ0v) is 11.8. The minimum absolute atomic E-state index is 0.199. The predicted molar refractivity (Wildman–Crippen MR) is 79.8 cm³/mol. The highest BCUT2D eigenvalue weighted by atomic mass is 16.2. The molecule has 1 aromatic rings. The molecule has 0 heterocycles. The molecule has 0 aliphatic carbocycles. The molecule has 0 aliphatic heterocycles. The number of rotatable bonds is 9. The number of carbonyl (C=O) groups excluding carboxylic acids is 1. The maximum Gasteiger partial charge on any atom is 0.223 e. The van der Waals surface area contributed by atoms with Gasteiger partial charge in [0.25, 0.3) is 0 Å². The lowest BCUT2D eigenvalue weighted by Crippen LogP contribution is -2.30. The highest BCUT2D eigenvalue weighted by Crippen LogP contribution is 1.98. The van der Waals surface area contributed by atoms with Crippen LogP contribution in [-0.4, -0.2) is 30.9 Å². The van der Waals surface area contributed by atoms with Crippen LogP contribution in [0.4, 0.5) is 0 Å². The molecule has 104 valence electrons. The first-order valence-electron chi connectivity index (χ1n) is 6.83. The summed E-state index contributed by atoms with van der Waals surface area (Å²) in [6.07, 6.45) is 4.39. The molecule has 3 nitrogen and oxygen atoms in total. The van der Waals surface area contributed by atoms with E-state index in [4.69, 9.17) is 0 Å². The minimum atomic E-state index is 0.199. The van der Waals surface area contributed by atoms with E-state index in [0.717, 1.165) is 32.5 Å². The summed E-state index contributed by atoms with van der Waals surface area (Å²) in [5, 5.41) is 3.29. The van der Waals surface area contributed by atoms with Gasteiger partial charge in [-0.2, -0.15) is 0 Å². The average molecular weight is 260 g/mol. The van der Waals surface area contributed by atoms with E-state index in [1.165, 1.54) is 5.56 Å². The molecule has 0 saturated heterocycles. The Morgan fingerprint density at radius 2 is 2.11 bits per heavy atom. The van der Waals surface area contributed by atoms with Crippen LogP contribution in [0.5, 0.6) is 0 Å². The van der Waals surface area contributed by atoms with E-state index in [1.807, 2.05) is 31.3 Å². The van der Waals surface area contributed by atoms with Crippen molar-refractivity contribution in [3.05, 3.63) is 48.6 Å². The number of amides is 1. The third-order valence-electron chi connectivity index (χ3n) is 3.02. The van der Waals surface area contributed by atoms with Gasteiger partial charge in [-0.15, -0.1) is 6.58 Å². The zero-order valence-electron chi connectivity index (χ0n) is 11.8. The maximum atomic E-state index is 11.8. The lowest BCUT2D eigenvalue weighted by molar-refractivity contribution is -0.129. The fourth-order valence-corrected chi connectivity index (χ4v) is 1.81. The van der Waals surface area contributed by atoms with Gasteiger partial charge in [-0.05, 0) is 18.4 Å². The number of hydrogen-bond acceptors (Lipinski definition) is 2. The van der Waals surface area contributed by atoms with Gasteiger partial charge in [0.15, 0.2) is 0 Å². The topological polar surface area (TPSA) is 32.3 Å². The number of benzene rings is 1. The highest BCUT2D eigenvalue weighted by molar-refractivity contribution is 5.76. The van der Waals surface area contributed by atoms with Crippen LogP contribution in [0.15, 0.2) is 43.0 Å². The van der Waals surface area contributed by atoms with Crippen molar-refractivity contribution in [2.24, 2.45) is 0 Å². The van der Waals surface area contributed by atoms with Crippen LogP contribution in [0.3, 0.4) is 0 Å². The molecule has 1 amide bonds. The number of hydrogen-bond donors (Lipinski definition) is 1. The van der Waals surface area contributed by atoms with Crippen molar-refractivity contribution in [1.29, 1.82) is 0 Å². The van der Waals surface area contributed by atoms with Gasteiger partial charge < -0.3 is 10.2 Å². The summed E-state index contributed by atoms with van der Waals surface area (Å²) in [6, 6.07) is 10.2. The molecule has 0 aromatic heterocycles. The van der Waals surface area contributed by atoms with Crippen molar-refractivity contribution >= 4 is 5.91 Å². The summed E-state index contributed by atoms with van der Waals surface area (Å²) < 4.78 is 0. The number of nitrogens with one attached hydrogen (secondary N) is 1. The monoisotopic (exact) mass is 260 g/mol. The summed E-state index contributed by atoms with van der Waals surface area (Å²) in [5.41, 5.74) is 1.24. The Morgan fingerprint density at radius 3 is 2.79 bits per heavy atom. The first-order valence-corrected chi connectivity index (χ1v) is 6.83. The second kappa shape index (κ2) is 9.34. The molecular weight excluding hydrogens is 236 g/mol. The van der Waals surface area contributed by atoms with Crippen molar-refractivity contribution in [1.82, 2.24) is 10.2 Å². The van der Waals surface area contributed by atoms with Crippen LogP contribution in [-0.2, 0) is 11.3 Å². The number of nitrogens with zero attached hydrogens (tertiary/aromatic N) is 1. The van der Waals surface area contributed by atoms with Gasteiger partial charge in [0.1, 0.15) is 0 Å². The van der Waals surface area contributed by atoms with Crippen molar-refractivity contribution < 1.29 is 4.79 Å². The normalized spacial score (nSPS) is 10.2. The molecule has 19 heavy (non-hydrogen) atoms. The Morgan fingerprint density at radius 1 is 1.37 bits per heavy atom. The van der Waals surface area contributed by atoms with Crippen molar-refractivity contribution in [3.63, 3.8) is 0 Å². The van der Waals surface area contributed by atoms with E-state index in [0.29, 0.717) is 6.42 Å². The van der Waals surface area contributed by atoms with Gasteiger partial charge >= 0.3 is 0 Å². The Kier molecular flexibility index (Phi) is 7.59. The quantitative estimate of drug-likeness (QED) is 0.547. The predicted octanol–water partition coefficient (Wildman–Crippen LogP) is 2.59. The molecule has 0 unspecified atom stereocenters. The van der Waals surface area contributed by atoms with Crippen LogP contribution in [0.2, 0.25) is 0 Å². The van der Waals surface area contributed by atoms with Crippen LogP contribution in [0.25, 0.3) is 0 Å². The van der Waals surface area contributed by atoms with E-state index >= 15 is 0 Å². The Hall–Kier alpha value is -1.61. The van der Waals surface area contributed by atoms with Crippen molar-refractivity contribution in [3.8, 4) is 0 Å². The summed E-state index contributed by atoms with van der Waals surface area (Å²) >= 11 is 0. The molecule has 1 rings (SSSR count). The minimum Gasteiger partial charge on any atom is -0.346 e. The third-order valence-corrected chi connectivity index (χ3v) is 3.02. The van der Waals surface area contributed by atoms with Crippen molar-refractivity contribution in [2.45, 2.75) is 25.8 Å². The SMILES string of the molecule is C=CCCCN(C)C(=O)CCNCc1ccccc1. The molecule has 1 N–H and O–H groups in total. The van der Waals surface area contributed by atoms with Gasteiger partial charge in [-0.25, -0.2) is 0 Å². The first kappa shape index (κ1) is 15.4. The molecule has 0 bridgehead atoms. The Labute approximate surface area is 116 Å². The summed E-state index contributed by atoms with van der Waals surface area (Å²) in [7, 11) is 1.86. The smallest absolute Gasteiger partial charge is 0.223 e. The lowest BCUT2D eigenvalue weighted by atomic mass is 10.2. The van der Waals surface area contributed by atoms with E-state index in [9.17, 15) is 4.79 Å². The van der Waals surface area contributed by atoms with E-state index in [1.54, 1.807) is 4.90 Å². The summed E-state index contributed by atoms with van der Waals surface area (Å²) in [6.45, 7) is 6.02. The molecule has 1 aromatic carbocycles.